The average molecular weight is 1140 g/mol. The van der Waals surface area contributed by atoms with Crippen molar-refractivity contribution in [1.29, 1.82) is 0 Å². The molecule has 452 valence electrons. The number of ether oxygens (including phenoxy) is 4. The van der Waals surface area contributed by atoms with Crippen LogP contribution in [0.4, 0.5) is 0 Å². The fourth-order valence-corrected chi connectivity index (χ4v) is 9.56. The molecule has 19 heteroatoms. The van der Waals surface area contributed by atoms with Crippen LogP contribution < -0.4 is 0 Å². The van der Waals surface area contributed by atoms with Crippen LogP contribution in [0.2, 0.25) is 0 Å². The predicted molar refractivity (Wildman–Crippen MR) is 303 cm³/mol. The van der Waals surface area contributed by atoms with Gasteiger partial charge in [-0.05, 0) is 57.3 Å². The van der Waals surface area contributed by atoms with Crippen molar-refractivity contribution >= 4 is 39.5 Å². The highest BCUT2D eigenvalue weighted by Crippen LogP contribution is 2.45. The highest BCUT2D eigenvalue weighted by atomic mass is 31.2. The van der Waals surface area contributed by atoms with Gasteiger partial charge in [-0.1, -0.05) is 207 Å². The van der Waals surface area contributed by atoms with Gasteiger partial charge in [-0.3, -0.25) is 37.3 Å². The number of allylic oxidation sites excluding steroid dienone is 4. The Morgan fingerprint density at radius 3 is 1.06 bits per heavy atom. The lowest BCUT2D eigenvalue weighted by Gasteiger charge is -2.21. The summed E-state index contributed by atoms with van der Waals surface area (Å²) in [5, 5.41) is 10.5. The summed E-state index contributed by atoms with van der Waals surface area (Å²) in [6.07, 6.45) is 36.3. The van der Waals surface area contributed by atoms with Crippen LogP contribution in [-0.2, 0) is 65.4 Å². The molecule has 0 spiro atoms. The van der Waals surface area contributed by atoms with Gasteiger partial charge in [0.15, 0.2) is 12.2 Å². The first-order chi connectivity index (χ1) is 37.0. The number of esters is 4. The van der Waals surface area contributed by atoms with Crippen molar-refractivity contribution in [2.45, 2.75) is 278 Å². The third kappa shape index (κ3) is 52.7. The Labute approximate surface area is 465 Å². The van der Waals surface area contributed by atoms with Crippen LogP contribution >= 0.6 is 15.6 Å². The number of aliphatic hydroxyl groups is 1. The topological polar surface area (TPSA) is 237 Å². The number of rotatable bonds is 56. The van der Waals surface area contributed by atoms with E-state index in [0.29, 0.717) is 31.6 Å². The number of phosphoric ester groups is 2. The van der Waals surface area contributed by atoms with Crippen molar-refractivity contribution in [2.24, 2.45) is 5.92 Å². The summed E-state index contributed by atoms with van der Waals surface area (Å²) < 4.78 is 67.4. The Bertz CT molecular complexity index is 1610. The molecule has 0 saturated carbocycles. The van der Waals surface area contributed by atoms with E-state index < -0.39 is 97.5 Å². The van der Waals surface area contributed by atoms with Crippen LogP contribution in [0.5, 0.6) is 0 Å². The van der Waals surface area contributed by atoms with Gasteiger partial charge >= 0.3 is 39.5 Å². The summed E-state index contributed by atoms with van der Waals surface area (Å²) in [5.74, 6) is -1.49. The molecule has 0 aromatic heterocycles. The first-order valence-corrected chi connectivity index (χ1v) is 32.9. The number of unbranched alkanes of at least 4 members (excludes halogenated alkanes) is 25. The quantitative estimate of drug-likeness (QED) is 0.0169. The summed E-state index contributed by atoms with van der Waals surface area (Å²) in [5.41, 5.74) is 0. The molecule has 0 heterocycles. The number of aliphatic hydroxyl groups excluding tert-OH is 1. The van der Waals surface area contributed by atoms with E-state index in [0.717, 1.165) is 128 Å². The zero-order valence-electron chi connectivity index (χ0n) is 48.6. The van der Waals surface area contributed by atoms with E-state index in [1.54, 1.807) is 0 Å². The molecule has 3 N–H and O–H groups in total. The van der Waals surface area contributed by atoms with Gasteiger partial charge in [0, 0.05) is 25.7 Å². The second-order valence-electron chi connectivity index (χ2n) is 20.8. The predicted octanol–water partition coefficient (Wildman–Crippen LogP) is 15.0. The highest BCUT2D eigenvalue weighted by Gasteiger charge is 2.30. The fourth-order valence-electron chi connectivity index (χ4n) is 7.98. The van der Waals surface area contributed by atoms with Gasteiger partial charge in [-0.2, -0.15) is 0 Å². The molecular weight excluding hydrogens is 1030 g/mol. The van der Waals surface area contributed by atoms with Crippen LogP contribution in [0.15, 0.2) is 24.3 Å². The molecule has 0 aromatic carbocycles. The molecule has 0 aliphatic carbocycles. The van der Waals surface area contributed by atoms with Crippen LogP contribution in [0, 0.1) is 5.92 Å². The lowest BCUT2D eigenvalue weighted by Crippen LogP contribution is -2.30. The molecule has 0 aliphatic heterocycles. The second-order valence-corrected chi connectivity index (χ2v) is 23.7. The largest absolute Gasteiger partial charge is 0.472 e. The Balaban J connectivity index is 5.20. The lowest BCUT2D eigenvalue weighted by molar-refractivity contribution is -0.161. The highest BCUT2D eigenvalue weighted by molar-refractivity contribution is 7.47. The van der Waals surface area contributed by atoms with Crippen molar-refractivity contribution in [1.82, 2.24) is 0 Å². The molecule has 0 bridgehead atoms. The molecule has 17 nitrogen and oxygen atoms in total. The standard InChI is InChI=1S/C58H108O17P2/c1-6-9-12-15-17-18-19-20-21-22-23-24-28-34-39-44-58(63)75-54(48-69-56(61)42-37-32-29-25-27-31-35-40-51(4)5)50-73-77(66,67)71-46-52(59)45-70-76(64,65)72-49-53(47-68-55(60)41-36-30-14-11-8-3)74-57(62)43-38-33-26-16-13-10-7-2/h18-21,51-54,59H,6-17,22-50H2,1-5H3,(H,64,65)(H,66,67)/b19-18-,21-20-/t52-,53+,54+/m0/s1. The maximum absolute atomic E-state index is 12.9. The fraction of sp³-hybridized carbons (Fsp3) is 0.862. The van der Waals surface area contributed by atoms with E-state index in [9.17, 15) is 43.2 Å². The molecule has 0 aliphatic rings. The number of hydrogen-bond acceptors (Lipinski definition) is 15. The first kappa shape index (κ1) is 74.5. The number of hydrogen-bond donors (Lipinski definition) is 3. The van der Waals surface area contributed by atoms with Gasteiger partial charge < -0.3 is 33.8 Å². The monoisotopic (exact) mass is 1140 g/mol. The maximum Gasteiger partial charge on any atom is 0.472 e. The molecule has 77 heavy (non-hydrogen) atoms. The molecular formula is C58H108O17P2. The van der Waals surface area contributed by atoms with Gasteiger partial charge in [-0.15, -0.1) is 0 Å². The van der Waals surface area contributed by atoms with E-state index in [-0.39, 0.29) is 25.7 Å². The molecule has 0 saturated heterocycles. The molecule has 0 radical (unpaired) electrons. The Morgan fingerprint density at radius 1 is 0.403 bits per heavy atom. The summed E-state index contributed by atoms with van der Waals surface area (Å²) in [7, 11) is -9.87. The minimum atomic E-state index is -4.94. The number of carbonyl (C=O) groups is 4. The third-order valence-electron chi connectivity index (χ3n) is 12.7. The van der Waals surface area contributed by atoms with Crippen molar-refractivity contribution in [3.05, 3.63) is 24.3 Å². The minimum absolute atomic E-state index is 0.0839. The first-order valence-electron chi connectivity index (χ1n) is 30.0. The molecule has 2 unspecified atom stereocenters. The zero-order chi connectivity index (χ0) is 57.1. The number of carbonyl (C=O) groups excluding carboxylic acids is 4. The van der Waals surface area contributed by atoms with Crippen molar-refractivity contribution in [3.8, 4) is 0 Å². The van der Waals surface area contributed by atoms with Crippen LogP contribution in [0.3, 0.4) is 0 Å². The van der Waals surface area contributed by atoms with E-state index in [2.05, 4.69) is 58.9 Å². The summed E-state index contributed by atoms with van der Waals surface area (Å²) in [4.78, 5) is 71.5. The van der Waals surface area contributed by atoms with Gasteiger partial charge in [0.05, 0.1) is 26.4 Å². The van der Waals surface area contributed by atoms with Crippen molar-refractivity contribution < 1.29 is 80.2 Å². The van der Waals surface area contributed by atoms with Crippen LogP contribution in [-0.4, -0.2) is 96.7 Å². The van der Waals surface area contributed by atoms with Gasteiger partial charge in [-0.25, -0.2) is 9.13 Å². The lowest BCUT2D eigenvalue weighted by atomic mass is 10.0. The smallest absolute Gasteiger partial charge is 0.462 e. The Kier molecular flexibility index (Phi) is 50.0. The Hall–Kier alpha value is -2.46. The van der Waals surface area contributed by atoms with E-state index in [1.807, 2.05) is 0 Å². The minimum Gasteiger partial charge on any atom is -0.462 e. The molecule has 0 amide bonds. The summed E-state index contributed by atoms with van der Waals surface area (Å²) in [6, 6.07) is 0. The van der Waals surface area contributed by atoms with Gasteiger partial charge in [0.2, 0.25) is 0 Å². The van der Waals surface area contributed by atoms with E-state index in [1.165, 1.54) is 44.9 Å². The van der Waals surface area contributed by atoms with Crippen LogP contribution in [0.25, 0.3) is 0 Å². The van der Waals surface area contributed by atoms with Crippen LogP contribution in [0.1, 0.15) is 259 Å². The molecule has 0 rings (SSSR count). The molecule has 0 aromatic rings. The third-order valence-corrected chi connectivity index (χ3v) is 14.6. The second kappa shape index (κ2) is 51.7. The van der Waals surface area contributed by atoms with Gasteiger partial charge in [0.25, 0.3) is 0 Å². The average Bonchev–Trinajstić information content (AvgIpc) is 3.39. The zero-order valence-corrected chi connectivity index (χ0v) is 50.4. The van der Waals surface area contributed by atoms with Crippen molar-refractivity contribution in [3.63, 3.8) is 0 Å². The normalized spacial score (nSPS) is 14.6. The molecule has 5 atom stereocenters. The van der Waals surface area contributed by atoms with E-state index >= 15 is 0 Å². The summed E-state index contributed by atoms with van der Waals surface area (Å²) >= 11 is 0. The van der Waals surface area contributed by atoms with Gasteiger partial charge in [0.1, 0.15) is 19.3 Å². The maximum atomic E-state index is 12.9. The van der Waals surface area contributed by atoms with Crippen molar-refractivity contribution in [2.75, 3.05) is 39.6 Å². The van der Waals surface area contributed by atoms with E-state index in [4.69, 9.17) is 37.0 Å². The summed E-state index contributed by atoms with van der Waals surface area (Å²) in [6.45, 7) is 6.88. The number of phosphoric acid groups is 2. The Morgan fingerprint density at radius 2 is 0.701 bits per heavy atom. The molecule has 0 fully saturated rings. The SMILES string of the molecule is CCCCCC/C=C\C=C/CCCCCCCC(=O)O[C@H](COC(=O)CCCCCCCCCC(C)C)COP(=O)(O)OC[C@@H](O)COP(=O)(O)OC[C@@H](COC(=O)CCCCCCC)OC(=O)CCCCCCCCC.